The molecule has 2 fully saturated rings. The maximum Gasteiger partial charge on any atom is 0.229 e. The van der Waals surface area contributed by atoms with Crippen molar-refractivity contribution in [2.45, 2.75) is 55.1 Å². The Morgan fingerprint density at radius 3 is 1.69 bits per heavy atom. The number of Topliss-reactive ketones (excluding diaryl/α,β-unsaturated/α-hetero) is 1. The summed E-state index contributed by atoms with van der Waals surface area (Å²) in [5.74, 6) is -1.04. The van der Waals surface area contributed by atoms with E-state index in [1.807, 2.05) is 18.2 Å². The van der Waals surface area contributed by atoms with Gasteiger partial charge in [-0.05, 0) is 21.7 Å². The highest BCUT2D eigenvalue weighted by Gasteiger charge is 2.63. The molecule has 3 aromatic rings. The van der Waals surface area contributed by atoms with Crippen molar-refractivity contribution in [2.75, 3.05) is 13.4 Å². The molecule has 3 atom stereocenters. The first kappa shape index (κ1) is 27.8. The summed E-state index contributed by atoms with van der Waals surface area (Å²) in [5, 5.41) is -0.437. The lowest BCUT2D eigenvalue weighted by molar-refractivity contribution is -0.153. The highest BCUT2D eigenvalue weighted by Crippen LogP contribution is 2.57. The number of nitrogens with zero attached hydrogens (tertiary/aromatic N) is 1. The number of ether oxygens (including phenoxy) is 2. The molecule has 2 aliphatic rings. The van der Waals surface area contributed by atoms with Crippen molar-refractivity contribution in [3.8, 4) is 0 Å². The topological polar surface area (TPSA) is 55.8 Å². The van der Waals surface area contributed by atoms with Crippen molar-refractivity contribution in [1.82, 2.24) is 4.57 Å². The van der Waals surface area contributed by atoms with Gasteiger partial charge in [-0.1, -0.05) is 125 Å². The summed E-state index contributed by atoms with van der Waals surface area (Å²) in [7, 11) is -2.34. The second-order valence-electron chi connectivity index (χ2n) is 11.8. The van der Waals surface area contributed by atoms with Crippen LogP contribution in [0.4, 0.5) is 0 Å². The number of β-lactam (4-membered cyclic amide) rings is 1. The zero-order valence-electron chi connectivity index (χ0n) is 23.3. The molecule has 5 nitrogen and oxygen atoms in total. The quantitative estimate of drug-likeness (QED) is 0.138. The third-order valence-corrected chi connectivity index (χ3v) is 15.9. The molecule has 0 bridgehead atoms. The molecule has 0 spiro atoms. The summed E-state index contributed by atoms with van der Waals surface area (Å²) in [6.45, 7) is 11.4. The molecular formula is C32H37NO4SSi. The van der Waals surface area contributed by atoms with E-state index < -0.39 is 25.0 Å². The zero-order valence-corrected chi connectivity index (χ0v) is 25.1. The Balaban J connectivity index is 1.71. The Morgan fingerprint density at radius 1 is 0.846 bits per heavy atom. The molecular weight excluding hydrogens is 523 g/mol. The Hall–Kier alpha value is -2.71. The van der Waals surface area contributed by atoms with Crippen molar-refractivity contribution in [3.05, 3.63) is 108 Å². The Labute approximate surface area is 237 Å². The van der Waals surface area contributed by atoms with Crippen molar-refractivity contribution >= 4 is 31.7 Å². The average molecular weight is 560 g/mol. The Bertz CT molecular complexity index is 1210. The van der Waals surface area contributed by atoms with Crippen LogP contribution in [0, 0.1) is 5.92 Å². The van der Waals surface area contributed by atoms with Gasteiger partial charge in [-0.3, -0.25) is 9.59 Å². The largest absolute Gasteiger partial charge is 0.356 e. The summed E-state index contributed by atoms with van der Waals surface area (Å²) < 4.78 is 12.4. The number of hydrogen-bond acceptors (Lipinski definition) is 5. The second kappa shape index (κ2) is 10.7. The lowest BCUT2D eigenvalue weighted by atomic mass is 9.84. The molecule has 0 aliphatic carbocycles. The van der Waals surface area contributed by atoms with Crippen molar-refractivity contribution in [3.63, 3.8) is 0 Å². The van der Waals surface area contributed by atoms with Gasteiger partial charge in [0.05, 0.1) is 16.7 Å². The van der Waals surface area contributed by atoms with Gasteiger partial charge in [0.25, 0.3) is 0 Å². The predicted molar refractivity (Wildman–Crippen MR) is 159 cm³/mol. The minimum atomic E-state index is -2.34. The van der Waals surface area contributed by atoms with Crippen LogP contribution in [-0.4, -0.2) is 49.4 Å². The molecule has 2 saturated heterocycles. The normalized spacial score (nSPS) is 22.0. The highest BCUT2D eigenvalue weighted by atomic mass is 32.2. The first-order valence-corrected chi connectivity index (χ1v) is 17.3. The van der Waals surface area contributed by atoms with Crippen molar-refractivity contribution in [1.29, 1.82) is 0 Å². The molecule has 204 valence electrons. The molecule has 2 unspecified atom stereocenters. The third kappa shape index (κ3) is 4.80. The minimum absolute atomic E-state index is 0.0809. The van der Waals surface area contributed by atoms with Gasteiger partial charge in [0.1, 0.15) is 18.8 Å². The van der Waals surface area contributed by atoms with Crippen LogP contribution in [0.1, 0.15) is 37.5 Å². The standard InChI is InChI=1S/C32H37NO4SSi/c1-31(2,3)39(4,5)33-29(35)27(28(34)26-21-36-22-37-26)30(33)38-32(23-15-9-6-10-16-23,24-17-11-7-12-18-24)25-19-13-8-14-20-25/h6-20,26-27,30H,21-22H2,1-5H3/t26-,27?,30?/m1/s1. The number of amides is 1. The van der Waals surface area contributed by atoms with Gasteiger partial charge in [0.15, 0.2) is 14.0 Å². The van der Waals surface area contributed by atoms with E-state index in [0.717, 1.165) is 16.7 Å². The number of rotatable bonds is 8. The average Bonchev–Trinajstić information content (AvgIpc) is 3.47. The second-order valence-corrected chi connectivity index (χ2v) is 18.3. The summed E-state index contributed by atoms with van der Waals surface area (Å²) in [6.07, 6.45) is -0.705. The first-order chi connectivity index (χ1) is 18.6. The van der Waals surface area contributed by atoms with Crippen LogP contribution in [0.2, 0.25) is 18.1 Å². The molecule has 7 heteroatoms. The van der Waals surface area contributed by atoms with E-state index in [2.05, 4.69) is 111 Å². The SMILES string of the molecule is CC(C)(C)[Si](C)(C)N1C(=O)C(C(=O)[C@H]2COCO2)C1SC(c1ccccc1)(c1ccccc1)c1ccccc1. The van der Waals surface area contributed by atoms with E-state index in [1.54, 1.807) is 11.8 Å². The molecule has 3 aromatic carbocycles. The smallest absolute Gasteiger partial charge is 0.229 e. The van der Waals surface area contributed by atoms with Gasteiger partial charge in [0, 0.05) is 0 Å². The molecule has 2 heterocycles. The van der Waals surface area contributed by atoms with Gasteiger partial charge in [-0.25, -0.2) is 0 Å². The summed E-state index contributed by atoms with van der Waals surface area (Å²) >= 11 is 1.71. The molecule has 5 rings (SSSR count). The number of thioether (sulfide) groups is 1. The van der Waals surface area contributed by atoms with Crippen LogP contribution in [0.3, 0.4) is 0 Å². The number of carbonyl (C=O) groups is 2. The summed E-state index contributed by atoms with van der Waals surface area (Å²) in [4.78, 5) is 27.8. The van der Waals surface area contributed by atoms with E-state index in [4.69, 9.17) is 9.47 Å². The predicted octanol–water partition coefficient (Wildman–Crippen LogP) is 6.44. The summed E-state index contributed by atoms with van der Waals surface area (Å²) in [6, 6.07) is 31.3. The fraction of sp³-hybridized carbons (Fsp3) is 0.375. The van der Waals surface area contributed by atoms with Crippen LogP contribution in [0.5, 0.6) is 0 Å². The lowest BCUT2D eigenvalue weighted by Gasteiger charge is -2.59. The molecule has 39 heavy (non-hydrogen) atoms. The van der Waals surface area contributed by atoms with Crippen LogP contribution in [0.25, 0.3) is 0 Å². The minimum Gasteiger partial charge on any atom is -0.356 e. The highest BCUT2D eigenvalue weighted by molar-refractivity contribution is 8.01. The number of carbonyl (C=O) groups excluding carboxylic acids is 2. The molecule has 0 radical (unpaired) electrons. The van der Waals surface area contributed by atoms with Gasteiger partial charge in [-0.2, -0.15) is 0 Å². The summed E-state index contributed by atoms with van der Waals surface area (Å²) in [5.41, 5.74) is 3.32. The lowest BCUT2D eigenvalue weighted by Crippen LogP contribution is -2.74. The van der Waals surface area contributed by atoms with Crippen LogP contribution in [-0.2, 0) is 23.8 Å². The number of benzene rings is 3. The van der Waals surface area contributed by atoms with Crippen LogP contribution >= 0.6 is 11.8 Å². The fourth-order valence-electron chi connectivity index (χ4n) is 5.40. The Kier molecular flexibility index (Phi) is 7.63. The molecule has 0 N–H and O–H groups in total. The van der Waals surface area contributed by atoms with Gasteiger partial charge < -0.3 is 14.0 Å². The Morgan fingerprint density at radius 2 is 1.31 bits per heavy atom. The first-order valence-electron chi connectivity index (χ1n) is 13.5. The van der Waals surface area contributed by atoms with Crippen molar-refractivity contribution < 1.29 is 19.1 Å². The monoisotopic (exact) mass is 559 g/mol. The number of hydrogen-bond donors (Lipinski definition) is 0. The number of ketones is 1. The van der Waals surface area contributed by atoms with Crippen LogP contribution < -0.4 is 0 Å². The van der Waals surface area contributed by atoms with Gasteiger partial charge >= 0.3 is 0 Å². The van der Waals surface area contributed by atoms with E-state index in [0.29, 0.717) is 0 Å². The maximum absolute atomic E-state index is 14.0. The third-order valence-electron chi connectivity index (χ3n) is 8.56. The zero-order chi connectivity index (χ0) is 27.8. The molecule has 0 saturated carbocycles. The fourth-order valence-corrected chi connectivity index (χ4v) is 10.3. The van der Waals surface area contributed by atoms with Crippen molar-refractivity contribution in [2.24, 2.45) is 5.92 Å². The van der Waals surface area contributed by atoms with E-state index in [1.165, 1.54) is 0 Å². The maximum atomic E-state index is 14.0. The van der Waals surface area contributed by atoms with Crippen LogP contribution in [0.15, 0.2) is 91.0 Å². The molecule has 0 aromatic heterocycles. The van der Waals surface area contributed by atoms with E-state index in [9.17, 15) is 9.59 Å². The van der Waals surface area contributed by atoms with Gasteiger partial charge in [0.2, 0.25) is 5.91 Å². The van der Waals surface area contributed by atoms with E-state index >= 15 is 0 Å². The molecule has 1 amide bonds. The van der Waals surface area contributed by atoms with E-state index in [-0.39, 0.29) is 35.5 Å². The molecule has 2 aliphatic heterocycles. The van der Waals surface area contributed by atoms with Gasteiger partial charge in [-0.15, -0.1) is 11.8 Å².